The van der Waals surface area contributed by atoms with E-state index in [1.807, 2.05) is 30.3 Å². The van der Waals surface area contributed by atoms with Gasteiger partial charge >= 0.3 is 5.97 Å². The maximum atomic E-state index is 13.9. The molecule has 1 aliphatic carbocycles. The van der Waals surface area contributed by atoms with Crippen molar-refractivity contribution < 1.29 is 29.0 Å². The van der Waals surface area contributed by atoms with Crippen molar-refractivity contribution >= 4 is 40.8 Å². The Hall–Kier alpha value is -4.30. The zero-order valence-electron chi connectivity index (χ0n) is 22.2. The summed E-state index contributed by atoms with van der Waals surface area (Å²) in [4.78, 5) is 40.2. The molecule has 0 radical (unpaired) electrons. The van der Waals surface area contributed by atoms with Crippen molar-refractivity contribution in [3.63, 3.8) is 0 Å². The van der Waals surface area contributed by atoms with Gasteiger partial charge in [-0.05, 0) is 79.1 Å². The molecular weight excluding hydrogens is 532 g/mol. The molecule has 206 valence electrons. The van der Waals surface area contributed by atoms with Crippen molar-refractivity contribution in [1.82, 2.24) is 0 Å². The number of halogens is 1. The zero-order valence-corrected chi connectivity index (χ0v) is 23.0. The topological polar surface area (TPSA) is 105 Å². The van der Waals surface area contributed by atoms with Gasteiger partial charge in [0.15, 0.2) is 0 Å². The number of benzene rings is 3. The van der Waals surface area contributed by atoms with Gasteiger partial charge in [-0.2, -0.15) is 0 Å². The van der Waals surface area contributed by atoms with Crippen LogP contribution in [0.25, 0.3) is 0 Å². The average molecular weight is 561 g/mol. The first-order valence-electron chi connectivity index (χ1n) is 12.9. The number of hydrogen-bond donors (Lipinski definition) is 2. The van der Waals surface area contributed by atoms with Crippen LogP contribution in [0.15, 0.2) is 72.3 Å². The largest absolute Gasteiger partial charge is 0.497 e. The molecule has 0 aromatic heterocycles. The highest BCUT2D eigenvalue weighted by Crippen LogP contribution is 2.46. The minimum Gasteiger partial charge on any atom is -0.497 e. The summed E-state index contributed by atoms with van der Waals surface area (Å²) >= 11 is 6.23. The van der Waals surface area contributed by atoms with E-state index in [0.717, 1.165) is 17.7 Å². The molecule has 1 spiro atoms. The van der Waals surface area contributed by atoms with Crippen molar-refractivity contribution in [2.24, 2.45) is 5.41 Å². The number of ether oxygens (including phenoxy) is 2. The van der Waals surface area contributed by atoms with Gasteiger partial charge in [0.1, 0.15) is 11.5 Å². The number of allylic oxidation sites excluding steroid dienone is 1. The van der Waals surface area contributed by atoms with Crippen molar-refractivity contribution in [3.8, 4) is 11.5 Å². The number of carboxylic acids is 1. The third-order valence-electron chi connectivity index (χ3n) is 7.67. The lowest BCUT2D eigenvalue weighted by atomic mass is 9.79. The first kappa shape index (κ1) is 27.3. The summed E-state index contributed by atoms with van der Waals surface area (Å²) in [5, 5.41) is 12.6. The molecule has 9 heteroatoms. The van der Waals surface area contributed by atoms with Crippen LogP contribution in [-0.2, 0) is 11.2 Å². The lowest BCUT2D eigenvalue weighted by Crippen LogP contribution is -2.33. The molecule has 3 aromatic carbocycles. The molecule has 1 aliphatic heterocycles. The van der Waals surface area contributed by atoms with Crippen LogP contribution < -0.4 is 19.7 Å². The van der Waals surface area contributed by atoms with Crippen molar-refractivity contribution in [2.45, 2.75) is 25.7 Å². The van der Waals surface area contributed by atoms with E-state index in [1.165, 1.54) is 14.2 Å². The van der Waals surface area contributed by atoms with Crippen LogP contribution in [0, 0.1) is 5.41 Å². The highest BCUT2D eigenvalue weighted by molar-refractivity contribution is 6.34. The number of carbonyl (C=O) groups excluding carboxylic acids is 2. The molecule has 40 heavy (non-hydrogen) atoms. The molecule has 2 N–H and O–H groups in total. The molecule has 8 nitrogen and oxygen atoms in total. The second-order valence-electron chi connectivity index (χ2n) is 10.1. The summed E-state index contributed by atoms with van der Waals surface area (Å²) in [6, 6.07) is 17.4. The van der Waals surface area contributed by atoms with Gasteiger partial charge in [-0.3, -0.25) is 9.59 Å². The maximum absolute atomic E-state index is 13.9. The number of methoxy groups -OCH3 is 2. The Morgan fingerprint density at radius 3 is 2.52 bits per heavy atom. The lowest BCUT2D eigenvalue weighted by Gasteiger charge is -2.26. The molecule has 0 saturated heterocycles. The number of amides is 2. The fourth-order valence-electron chi connectivity index (χ4n) is 5.54. The van der Waals surface area contributed by atoms with E-state index < -0.39 is 11.9 Å². The fraction of sp³-hybridized carbons (Fsp3) is 0.258. The third-order valence-corrected chi connectivity index (χ3v) is 8.00. The zero-order chi connectivity index (χ0) is 28.4. The van der Waals surface area contributed by atoms with Crippen LogP contribution >= 0.6 is 11.6 Å². The van der Waals surface area contributed by atoms with Crippen molar-refractivity contribution in [2.75, 3.05) is 31.0 Å². The number of rotatable bonds is 6. The average Bonchev–Trinajstić information content (AvgIpc) is 3.30. The van der Waals surface area contributed by atoms with Gasteiger partial charge in [0.25, 0.3) is 11.8 Å². The predicted octanol–water partition coefficient (Wildman–Crippen LogP) is 5.99. The molecule has 0 bridgehead atoms. The van der Waals surface area contributed by atoms with Crippen molar-refractivity contribution in [3.05, 3.63) is 94.0 Å². The normalized spacial score (nSPS) is 18.0. The summed E-state index contributed by atoms with van der Waals surface area (Å²) in [6.45, 7) is 0.439. The molecule has 1 atom stereocenters. The molecule has 0 saturated carbocycles. The molecule has 0 fully saturated rings. The quantitative estimate of drug-likeness (QED) is 0.383. The Kier molecular flexibility index (Phi) is 7.54. The summed E-state index contributed by atoms with van der Waals surface area (Å²) in [5.41, 5.74) is 2.98. The maximum Gasteiger partial charge on any atom is 0.331 e. The van der Waals surface area contributed by atoms with Crippen LogP contribution in [-0.4, -0.2) is 43.7 Å². The van der Waals surface area contributed by atoms with Crippen LogP contribution in [0.2, 0.25) is 5.02 Å². The monoisotopic (exact) mass is 560 g/mol. The smallest absolute Gasteiger partial charge is 0.331 e. The molecule has 2 amide bonds. The predicted molar refractivity (Wildman–Crippen MR) is 153 cm³/mol. The van der Waals surface area contributed by atoms with E-state index >= 15 is 0 Å². The van der Waals surface area contributed by atoms with Crippen LogP contribution in [0.5, 0.6) is 11.5 Å². The minimum absolute atomic E-state index is 0.211. The van der Waals surface area contributed by atoms with Crippen molar-refractivity contribution in [1.29, 1.82) is 0 Å². The Morgan fingerprint density at radius 1 is 1.00 bits per heavy atom. The van der Waals surface area contributed by atoms with Crippen LogP contribution in [0.4, 0.5) is 11.4 Å². The Morgan fingerprint density at radius 2 is 1.80 bits per heavy atom. The standard InChI is InChI=1S/C31H29ClN2O6/c1-39-22-8-9-24(32)23(16-22)28(35)33-25-10-7-19(15-27(25)40-2)29(36)34-14-13-31(12-11-21(18-31)30(37)38)17-20-5-3-4-6-26(20)34/h3-10,15-16,18H,11-14,17H2,1-2H3,(H,33,35)(H,37,38)/t31-/m0/s1. The number of para-hydroxylation sites is 1. The Bertz CT molecular complexity index is 1530. The number of anilines is 2. The summed E-state index contributed by atoms with van der Waals surface area (Å²) in [7, 11) is 2.97. The molecular formula is C31H29ClN2O6. The van der Waals surface area contributed by atoms with E-state index in [9.17, 15) is 19.5 Å². The van der Waals surface area contributed by atoms with Gasteiger partial charge in [0, 0.05) is 23.4 Å². The number of fused-ring (bicyclic) bond motifs is 1. The van der Waals surface area contributed by atoms with Crippen LogP contribution in [0.1, 0.15) is 45.5 Å². The van der Waals surface area contributed by atoms with E-state index in [4.69, 9.17) is 21.1 Å². The summed E-state index contributed by atoms with van der Waals surface area (Å²) in [5.74, 6) is -0.720. The summed E-state index contributed by atoms with van der Waals surface area (Å²) in [6.07, 6.45) is 4.48. The van der Waals surface area contributed by atoms with Gasteiger partial charge in [-0.25, -0.2) is 4.79 Å². The second-order valence-corrected chi connectivity index (χ2v) is 10.5. The van der Waals surface area contributed by atoms with Crippen LogP contribution in [0.3, 0.4) is 0 Å². The lowest BCUT2D eigenvalue weighted by molar-refractivity contribution is -0.132. The first-order chi connectivity index (χ1) is 19.2. The number of aliphatic carboxylic acids is 1. The summed E-state index contributed by atoms with van der Waals surface area (Å²) < 4.78 is 10.7. The number of nitrogens with zero attached hydrogens (tertiary/aromatic N) is 1. The van der Waals surface area contributed by atoms with E-state index in [-0.39, 0.29) is 21.9 Å². The molecule has 5 rings (SSSR count). The number of hydrogen-bond acceptors (Lipinski definition) is 5. The van der Waals surface area contributed by atoms with Gasteiger partial charge in [0.05, 0.1) is 30.5 Å². The third kappa shape index (κ3) is 5.27. The number of carboxylic acid groups (broad SMARTS) is 1. The second kappa shape index (κ2) is 11.1. The highest BCUT2D eigenvalue weighted by atomic mass is 35.5. The SMILES string of the molecule is COc1ccc(Cl)c(C(=O)Nc2ccc(C(=O)N3CC[C@]4(C=C(C(=O)O)CC4)Cc4ccccc43)cc2OC)c1. The van der Waals surface area contributed by atoms with Gasteiger partial charge < -0.3 is 24.8 Å². The Balaban J connectivity index is 1.42. The molecule has 1 heterocycles. The number of nitrogens with one attached hydrogen (secondary N) is 1. The van der Waals surface area contributed by atoms with E-state index in [0.29, 0.717) is 54.1 Å². The van der Waals surface area contributed by atoms with Gasteiger partial charge in [0.2, 0.25) is 0 Å². The number of carbonyl (C=O) groups is 3. The van der Waals surface area contributed by atoms with E-state index in [2.05, 4.69) is 5.32 Å². The first-order valence-corrected chi connectivity index (χ1v) is 13.3. The van der Waals surface area contributed by atoms with E-state index in [1.54, 1.807) is 41.3 Å². The molecule has 0 unspecified atom stereocenters. The Labute approximate surface area is 237 Å². The fourth-order valence-corrected chi connectivity index (χ4v) is 5.74. The molecule has 2 aliphatic rings. The van der Waals surface area contributed by atoms with Gasteiger partial charge in [-0.15, -0.1) is 0 Å². The minimum atomic E-state index is -0.879. The van der Waals surface area contributed by atoms with Gasteiger partial charge in [-0.1, -0.05) is 35.9 Å². The molecule has 3 aromatic rings. The highest BCUT2D eigenvalue weighted by Gasteiger charge is 2.39.